The highest BCUT2D eigenvalue weighted by Crippen LogP contribution is 2.43. The van der Waals surface area contributed by atoms with Gasteiger partial charge in [-0.05, 0) is 13.0 Å². The average Bonchev–Trinajstić information content (AvgIpc) is 2.73. The van der Waals surface area contributed by atoms with E-state index in [0.29, 0.717) is 37.6 Å². The summed E-state index contributed by atoms with van der Waals surface area (Å²) in [5.41, 5.74) is -0.105. The van der Waals surface area contributed by atoms with Crippen molar-refractivity contribution in [3.05, 3.63) is 57.6 Å². The maximum absolute atomic E-state index is 12.7. The van der Waals surface area contributed by atoms with Crippen molar-refractivity contribution in [3.8, 4) is 17.6 Å². The summed E-state index contributed by atoms with van der Waals surface area (Å²) in [5.74, 6) is -1.54. The van der Waals surface area contributed by atoms with Gasteiger partial charge in [-0.1, -0.05) is 18.2 Å². The van der Waals surface area contributed by atoms with Gasteiger partial charge in [0.25, 0.3) is 0 Å². The first-order valence-corrected chi connectivity index (χ1v) is 9.43. The maximum atomic E-state index is 12.7. The molecule has 154 valence electrons. The van der Waals surface area contributed by atoms with Gasteiger partial charge in [-0.25, -0.2) is 9.59 Å². The number of carbonyl (C=O) groups excluding carboxylic acids is 1. The molecule has 0 saturated carbocycles. The molecular formula is C21H19N3O6. The molecule has 4 rings (SSSR count). The number of benzene rings is 1. The van der Waals surface area contributed by atoms with Gasteiger partial charge in [0.2, 0.25) is 5.90 Å². The van der Waals surface area contributed by atoms with Crippen LogP contribution in [0.2, 0.25) is 0 Å². The molecule has 1 N–H and O–H groups in total. The minimum atomic E-state index is -1.08. The molecule has 1 saturated heterocycles. The van der Waals surface area contributed by atoms with E-state index in [1.54, 1.807) is 31.2 Å². The number of aryl methyl sites for hydroxylation is 1. The molecule has 0 aliphatic carbocycles. The Balaban J connectivity index is 1.78. The van der Waals surface area contributed by atoms with Gasteiger partial charge in [-0.15, -0.1) is 0 Å². The molecule has 2 aliphatic rings. The Morgan fingerprint density at radius 2 is 2.03 bits per heavy atom. The number of hydrogen-bond donors (Lipinski definition) is 1. The van der Waals surface area contributed by atoms with Crippen LogP contribution in [-0.2, 0) is 4.74 Å². The van der Waals surface area contributed by atoms with Gasteiger partial charge in [0.15, 0.2) is 0 Å². The zero-order valence-electron chi connectivity index (χ0n) is 16.2. The van der Waals surface area contributed by atoms with Crippen LogP contribution >= 0.6 is 0 Å². The molecule has 0 spiro atoms. The molecule has 2 aromatic rings. The van der Waals surface area contributed by atoms with Crippen LogP contribution < -0.4 is 15.1 Å². The highest BCUT2D eigenvalue weighted by Gasteiger charge is 2.41. The lowest BCUT2D eigenvalue weighted by atomic mass is 9.79. The van der Waals surface area contributed by atoms with Crippen molar-refractivity contribution in [2.45, 2.75) is 12.8 Å². The van der Waals surface area contributed by atoms with Crippen LogP contribution in [0.25, 0.3) is 0 Å². The van der Waals surface area contributed by atoms with Crippen molar-refractivity contribution >= 4 is 12.0 Å². The van der Waals surface area contributed by atoms with Crippen LogP contribution in [0.5, 0.6) is 11.5 Å². The van der Waals surface area contributed by atoms with Crippen molar-refractivity contribution in [2.75, 3.05) is 26.3 Å². The van der Waals surface area contributed by atoms with E-state index in [1.165, 1.54) is 11.0 Å². The van der Waals surface area contributed by atoms with Crippen LogP contribution in [0.1, 0.15) is 22.8 Å². The third kappa shape index (κ3) is 3.53. The molecule has 2 atom stereocenters. The minimum absolute atomic E-state index is 0.123. The Bertz CT molecular complexity index is 1100. The monoisotopic (exact) mass is 409 g/mol. The summed E-state index contributed by atoms with van der Waals surface area (Å²) in [7, 11) is 0. The summed E-state index contributed by atoms with van der Waals surface area (Å²) in [6.45, 7) is 3.28. The first-order chi connectivity index (χ1) is 14.5. The second kappa shape index (κ2) is 8.00. The Morgan fingerprint density at radius 3 is 2.77 bits per heavy atom. The lowest BCUT2D eigenvalue weighted by Gasteiger charge is -2.30. The summed E-state index contributed by atoms with van der Waals surface area (Å²) in [6.07, 6.45) is -0.544. The lowest BCUT2D eigenvalue weighted by molar-refractivity contribution is 0.0415. The van der Waals surface area contributed by atoms with Gasteiger partial charge in [0.05, 0.1) is 24.8 Å². The van der Waals surface area contributed by atoms with Crippen molar-refractivity contribution in [1.82, 2.24) is 4.90 Å². The quantitative estimate of drug-likeness (QED) is 0.807. The van der Waals surface area contributed by atoms with E-state index in [2.05, 4.69) is 0 Å². The standard InChI is InChI=1S/C21H19N3O6/c1-12-10-16-18(20(25)28-12)17(14(11-22)19(23)29-16)13-4-2-3-5-15(13)30-21(26)24-6-8-27-9-7-24/h2-5,10,14,17,23H,6-9H2,1H3. The van der Waals surface area contributed by atoms with E-state index in [4.69, 9.17) is 24.0 Å². The SMILES string of the molecule is Cc1cc2c(c(=O)o1)C(c1ccccc1OC(=O)N1CCOCC1)C(C#N)C(=N)O2. The molecule has 0 bridgehead atoms. The number of para-hydroxylation sites is 1. The average molecular weight is 409 g/mol. The van der Waals surface area contributed by atoms with Crippen molar-refractivity contribution < 1.29 is 23.4 Å². The van der Waals surface area contributed by atoms with E-state index in [1.807, 2.05) is 6.07 Å². The molecule has 9 nitrogen and oxygen atoms in total. The maximum Gasteiger partial charge on any atom is 0.415 e. The first kappa shape index (κ1) is 19.7. The number of nitrogens with one attached hydrogen (secondary N) is 1. The number of rotatable bonds is 2. The molecule has 1 aromatic carbocycles. The van der Waals surface area contributed by atoms with Gasteiger partial charge in [-0.2, -0.15) is 5.26 Å². The summed E-state index contributed by atoms with van der Waals surface area (Å²) in [5, 5.41) is 17.9. The number of ether oxygens (including phenoxy) is 3. The molecule has 1 aromatic heterocycles. The van der Waals surface area contributed by atoms with E-state index in [0.717, 1.165) is 0 Å². The summed E-state index contributed by atoms with van der Waals surface area (Å²) in [6, 6.07) is 10.2. The van der Waals surface area contributed by atoms with Crippen LogP contribution in [0, 0.1) is 29.6 Å². The van der Waals surface area contributed by atoms with Crippen molar-refractivity contribution in [3.63, 3.8) is 0 Å². The molecule has 1 fully saturated rings. The van der Waals surface area contributed by atoms with Crippen molar-refractivity contribution in [2.24, 2.45) is 5.92 Å². The second-order valence-corrected chi connectivity index (χ2v) is 6.98. The number of nitrogens with zero attached hydrogens (tertiary/aromatic N) is 2. The molecule has 2 unspecified atom stereocenters. The number of amides is 1. The lowest BCUT2D eigenvalue weighted by Crippen LogP contribution is -2.42. The summed E-state index contributed by atoms with van der Waals surface area (Å²) < 4.78 is 21.5. The summed E-state index contributed by atoms with van der Waals surface area (Å²) >= 11 is 0. The molecule has 3 heterocycles. The topological polar surface area (TPSA) is 126 Å². The Hall–Kier alpha value is -3.64. The van der Waals surface area contributed by atoms with E-state index < -0.39 is 23.6 Å². The molecular weight excluding hydrogens is 390 g/mol. The van der Waals surface area contributed by atoms with Crippen molar-refractivity contribution in [1.29, 1.82) is 10.7 Å². The number of carbonyl (C=O) groups is 1. The van der Waals surface area contributed by atoms with Gasteiger partial charge in [0.1, 0.15) is 23.2 Å². The summed E-state index contributed by atoms with van der Waals surface area (Å²) in [4.78, 5) is 26.8. The molecule has 0 radical (unpaired) electrons. The number of fused-ring (bicyclic) bond motifs is 1. The molecule has 1 amide bonds. The second-order valence-electron chi connectivity index (χ2n) is 6.98. The number of morpholine rings is 1. The van der Waals surface area contributed by atoms with E-state index >= 15 is 0 Å². The van der Waals surface area contributed by atoms with Gasteiger partial charge in [0, 0.05) is 30.6 Å². The fourth-order valence-corrected chi connectivity index (χ4v) is 3.66. The van der Waals surface area contributed by atoms with E-state index in [9.17, 15) is 14.9 Å². The van der Waals surface area contributed by atoms with Crippen LogP contribution in [0.3, 0.4) is 0 Å². The third-order valence-corrected chi connectivity index (χ3v) is 5.08. The highest BCUT2D eigenvalue weighted by molar-refractivity contribution is 5.85. The largest absolute Gasteiger partial charge is 0.441 e. The van der Waals surface area contributed by atoms with Gasteiger partial charge < -0.3 is 23.5 Å². The van der Waals surface area contributed by atoms with Gasteiger partial charge in [-0.3, -0.25) is 5.41 Å². The van der Waals surface area contributed by atoms with Crippen LogP contribution in [-0.4, -0.2) is 43.2 Å². The Labute approximate surface area is 171 Å². The molecule has 2 aliphatic heterocycles. The first-order valence-electron chi connectivity index (χ1n) is 9.43. The predicted octanol–water partition coefficient (Wildman–Crippen LogP) is 2.42. The van der Waals surface area contributed by atoms with Crippen LogP contribution in [0.15, 0.2) is 39.5 Å². The van der Waals surface area contributed by atoms with E-state index in [-0.39, 0.29) is 23.0 Å². The smallest absolute Gasteiger partial charge is 0.415 e. The fourth-order valence-electron chi connectivity index (χ4n) is 3.66. The van der Waals surface area contributed by atoms with Crippen LogP contribution in [0.4, 0.5) is 4.79 Å². The fraction of sp³-hybridized carbons (Fsp3) is 0.333. The highest BCUT2D eigenvalue weighted by atomic mass is 16.6. The number of hydrogen-bond acceptors (Lipinski definition) is 8. The zero-order valence-corrected chi connectivity index (χ0v) is 16.2. The molecule has 30 heavy (non-hydrogen) atoms. The normalized spacial score (nSPS) is 20.7. The Kier molecular flexibility index (Phi) is 5.25. The minimum Gasteiger partial charge on any atom is -0.441 e. The third-order valence-electron chi connectivity index (χ3n) is 5.08. The number of nitriles is 1. The molecule has 9 heteroatoms. The van der Waals surface area contributed by atoms with Gasteiger partial charge >= 0.3 is 11.7 Å². The Morgan fingerprint density at radius 1 is 1.30 bits per heavy atom. The predicted molar refractivity (Wildman–Crippen MR) is 104 cm³/mol. The zero-order chi connectivity index (χ0) is 21.3.